The standard InChI is InChI=1S/C18H24O2/c1-18(2,3)16-12-8-4-5-9-13(12)17(19)20-15-11-7-6-10-14(15)16/h6-7,10-13,16H,4-5,8-9H2,1-3H3. The van der Waals surface area contributed by atoms with Gasteiger partial charge in [-0.3, -0.25) is 4.79 Å². The summed E-state index contributed by atoms with van der Waals surface area (Å²) in [7, 11) is 0. The number of rotatable bonds is 0. The highest BCUT2D eigenvalue weighted by Crippen LogP contribution is 2.52. The molecule has 3 rings (SSSR count). The summed E-state index contributed by atoms with van der Waals surface area (Å²) in [6.45, 7) is 6.86. The van der Waals surface area contributed by atoms with Crippen molar-refractivity contribution in [1.82, 2.24) is 0 Å². The number of hydrogen-bond acceptors (Lipinski definition) is 2. The van der Waals surface area contributed by atoms with E-state index in [4.69, 9.17) is 4.74 Å². The zero-order valence-corrected chi connectivity index (χ0v) is 12.7. The van der Waals surface area contributed by atoms with E-state index in [-0.39, 0.29) is 17.3 Å². The number of carbonyl (C=O) groups excluding carboxylic acids is 1. The smallest absolute Gasteiger partial charge is 0.314 e. The summed E-state index contributed by atoms with van der Waals surface area (Å²) < 4.78 is 5.71. The Morgan fingerprint density at radius 2 is 1.80 bits per heavy atom. The van der Waals surface area contributed by atoms with Crippen molar-refractivity contribution in [3.8, 4) is 5.75 Å². The van der Waals surface area contributed by atoms with Gasteiger partial charge in [0.1, 0.15) is 5.75 Å². The number of carbonyl (C=O) groups is 1. The van der Waals surface area contributed by atoms with Crippen molar-refractivity contribution in [1.29, 1.82) is 0 Å². The van der Waals surface area contributed by atoms with Gasteiger partial charge in [-0.05, 0) is 41.7 Å². The molecule has 1 aromatic carbocycles. The minimum absolute atomic E-state index is 0.00565. The summed E-state index contributed by atoms with van der Waals surface area (Å²) in [6.07, 6.45) is 4.53. The third-order valence-electron chi connectivity index (χ3n) is 4.95. The van der Waals surface area contributed by atoms with Crippen LogP contribution in [-0.4, -0.2) is 5.97 Å². The second kappa shape index (κ2) is 4.91. The molecule has 108 valence electrons. The van der Waals surface area contributed by atoms with E-state index in [2.05, 4.69) is 32.9 Å². The molecule has 20 heavy (non-hydrogen) atoms. The molecule has 0 saturated heterocycles. The van der Waals surface area contributed by atoms with Crippen molar-refractivity contribution in [2.75, 3.05) is 0 Å². The molecule has 0 aromatic heterocycles. The van der Waals surface area contributed by atoms with Gasteiger partial charge in [-0.2, -0.15) is 0 Å². The van der Waals surface area contributed by atoms with Crippen molar-refractivity contribution >= 4 is 5.97 Å². The Kier molecular flexibility index (Phi) is 3.35. The van der Waals surface area contributed by atoms with Crippen molar-refractivity contribution < 1.29 is 9.53 Å². The van der Waals surface area contributed by atoms with Gasteiger partial charge < -0.3 is 4.74 Å². The Balaban J connectivity index is 2.13. The molecule has 0 spiro atoms. The van der Waals surface area contributed by atoms with Crippen molar-refractivity contribution in [2.24, 2.45) is 17.3 Å². The lowest BCUT2D eigenvalue weighted by molar-refractivity contribution is -0.141. The second-order valence-electron chi connectivity index (χ2n) is 7.36. The number of ether oxygens (including phenoxy) is 1. The maximum atomic E-state index is 12.5. The minimum atomic E-state index is -0.00565. The summed E-state index contributed by atoms with van der Waals surface area (Å²) in [4.78, 5) is 12.5. The number of benzene rings is 1. The maximum absolute atomic E-state index is 12.5. The maximum Gasteiger partial charge on any atom is 0.314 e. The molecule has 2 aliphatic rings. The Morgan fingerprint density at radius 3 is 2.55 bits per heavy atom. The molecule has 0 radical (unpaired) electrons. The summed E-state index contributed by atoms with van der Waals surface area (Å²) in [6, 6.07) is 8.12. The first-order chi connectivity index (χ1) is 9.48. The Labute approximate surface area is 121 Å². The van der Waals surface area contributed by atoms with E-state index in [1.54, 1.807) is 0 Å². The van der Waals surface area contributed by atoms with Gasteiger partial charge in [-0.1, -0.05) is 51.8 Å². The van der Waals surface area contributed by atoms with Crippen LogP contribution in [0, 0.1) is 17.3 Å². The first-order valence-electron chi connectivity index (χ1n) is 7.79. The van der Waals surface area contributed by atoms with Crippen LogP contribution in [0.25, 0.3) is 0 Å². The molecule has 2 nitrogen and oxygen atoms in total. The van der Waals surface area contributed by atoms with Gasteiger partial charge in [-0.15, -0.1) is 0 Å². The number of para-hydroxylation sites is 1. The van der Waals surface area contributed by atoms with E-state index in [9.17, 15) is 4.79 Å². The summed E-state index contributed by atoms with van der Waals surface area (Å²) in [5, 5.41) is 0. The molecule has 0 N–H and O–H groups in total. The van der Waals surface area contributed by atoms with Gasteiger partial charge in [-0.25, -0.2) is 0 Å². The highest BCUT2D eigenvalue weighted by Gasteiger charge is 2.45. The van der Waals surface area contributed by atoms with Crippen molar-refractivity contribution in [3.63, 3.8) is 0 Å². The Morgan fingerprint density at radius 1 is 1.10 bits per heavy atom. The first kappa shape index (κ1) is 13.7. The average molecular weight is 272 g/mol. The van der Waals surface area contributed by atoms with Gasteiger partial charge in [0.2, 0.25) is 0 Å². The van der Waals surface area contributed by atoms with Crippen LogP contribution in [0.1, 0.15) is 57.9 Å². The van der Waals surface area contributed by atoms with Crippen LogP contribution < -0.4 is 4.74 Å². The average Bonchev–Trinajstić information content (AvgIpc) is 2.52. The monoisotopic (exact) mass is 272 g/mol. The molecule has 1 aliphatic heterocycles. The Hall–Kier alpha value is -1.31. The van der Waals surface area contributed by atoms with Crippen LogP contribution in [0.15, 0.2) is 24.3 Å². The van der Waals surface area contributed by atoms with E-state index in [0.29, 0.717) is 11.8 Å². The number of hydrogen-bond donors (Lipinski definition) is 0. The fourth-order valence-electron chi connectivity index (χ4n) is 4.21. The van der Waals surface area contributed by atoms with E-state index >= 15 is 0 Å². The SMILES string of the molecule is CC(C)(C)C1c2ccccc2OC(=O)C2CCCCC21. The summed E-state index contributed by atoms with van der Waals surface area (Å²) in [5.41, 5.74) is 1.37. The molecular formula is C18H24O2. The lowest BCUT2D eigenvalue weighted by Crippen LogP contribution is -2.35. The third kappa shape index (κ3) is 2.25. The van der Waals surface area contributed by atoms with Gasteiger partial charge in [0.25, 0.3) is 0 Å². The molecule has 1 aliphatic carbocycles. The van der Waals surface area contributed by atoms with Crippen LogP contribution in [0.4, 0.5) is 0 Å². The lowest BCUT2D eigenvalue weighted by Gasteiger charge is -2.41. The minimum Gasteiger partial charge on any atom is -0.426 e. The zero-order chi connectivity index (χ0) is 14.3. The quantitative estimate of drug-likeness (QED) is 0.512. The van der Waals surface area contributed by atoms with E-state index in [1.165, 1.54) is 12.0 Å². The molecular weight excluding hydrogens is 248 g/mol. The van der Waals surface area contributed by atoms with Gasteiger partial charge in [0.15, 0.2) is 0 Å². The van der Waals surface area contributed by atoms with Crippen molar-refractivity contribution in [2.45, 2.75) is 52.4 Å². The lowest BCUT2D eigenvalue weighted by atomic mass is 9.62. The molecule has 1 fully saturated rings. The fourth-order valence-corrected chi connectivity index (χ4v) is 4.21. The molecule has 1 heterocycles. The van der Waals surface area contributed by atoms with Crippen LogP contribution in [0.5, 0.6) is 5.75 Å². The Bertz CT molecular complexity index is 512. The normalized spacial score (nSPS) is 29.9. The molecule has 3 atom stereocenters. The predicted molar refractivity (Wildman–Crippen MR) is 79.7 cm³/mol. The van der Waals surface area contributed by atoms with Gasteiger partial charge in [0.05, 0.1) is 5.92 Å². The molecule has 3 unspecified atom stereocenters. The van der Waals surface area contributed by atoms with Gasteiger partial charge >= 0.3 is 5.97 Å². The van der Waals surface area contributed by atoms with Crippen LogP contribution in [0.2, 0.25) is 0 Å². The molecule has 2 heteroatoms. The van der Waals surface area contributed by atoms with Crippen molar-refractivity contribution in [3.05, 3.63) is 29.8 Å². The largest absolute Gasteiger partial charge is 0.426 e. The second-order valence-corrected chi connectivity index (χ2v) is 7.36. The number of fused-ring (bicyclic) bond motifs is 2. The highest BCUT2D eigenvalue weighted by molar-refractivity contribution is 5.77. The predicted octanol–water partition coefficient (Wildman–Crippen LogP) is 4.54. The van der Waals surface area contributed by atoms with Crippen LogP contribution in [0.3, 0.4) is 0 Å². The molecule has 1 aromatic rings. The zero-order valence-electron chi connectivity index (χ0n) is 12.7. The topological polar surface area (TPSA) is 26.3 Å². The molecule has 1 saturated carbocycles. The number of esters is 1. The first-order valence-corrected chi connectivity index (χ1v) is 7.79. The van der Waals surface area contributed by atoms with E-state index < -0.39 is 0 Å². The molecule has 0 bridgehead atoms. The van der Waals surface area contributed by atoms with Crippen LogP contribution >= 0.6 is 0 Å². The fraction of sp³-hybridized carbons (Fsp3) is 0.611. The van der Waals surface area contributed by atoms with Crippen LogP contribution in [-0.2, 0) is 4.79 Å². The van der Waals surface area contributed by atoms with E-state index in [1.807, 2.05) is 12.1 Å². The highest BCUT2D eigenvalue weighted by atomic mass is 16.5. The summed E-state index contributed by atoms with van der Waals surface area (Å²) in [5.74, 6) is 1.69. The third-order valence-corrected chi connectivity index (χ3v) is 4.95. The van der Waals surface area contributed by atoms with Gasteiger partial charge in [0, 0.05) is 0 Å². The van der Waals surface area contributed by atoms with E-state index in [0.717, 1.165) is 25.0 Å². The summed E-state index contributed by atoms with van der Waals surface area (Å²) >= 11 is 0. The molecule has 0 amide bonds.